The number of nitrogens with zero attached hydrogens (tertiary/aromatic N) is 3. The Morgan fingerprint density at radius 2 is 1.93 bits per heavy atom. The Balaban J connectivity index is 1.25. The van der Waals surface area contributed by atoms with Gasteiger partial charge >= 0.3 is 0 Å². The van der Waals surface area contributed by atoms with E-state index in [0.717, 1.165) is 57.3 Å². The number of likely N-dealkylation sites (N-methyl/N-ethyl adjacent to an activating group) is 1. The van der Waals surface area contributed by atoms with Crippen molar-refractivity contribution in [3.8, 4) is 11.5 Å². The van der Waals surface area contributed by atoms with Crippen molar-refractivity contribution in [1.29, 1.82) is 0 Å². The fourth-order valence-corrected chi connectivity index (χ4v) is 4.34. The van der Waals surface area contributed by atoms with E-state index in [0.29, 0.717) is 19.4 Å². The summed E-state index contributed by atoms with van der Waals surface area (Å²) in [4.78, 5) is 19.1. The van der Waals surface area contributed by atoms with Crippen molar-refractivity contribution >= 4 is 5.91 Å². The smallest absolute Gasteiger partial charge is 0.233 e. The lowest BCUT2D eigenvalue weighted by Crippen LogP contribution is -2.55. The van der Waals surface area contributed by atoms with Gasteiger partial charge in [-0.15, -0.1) is 0 Å². The molecule has 0 radical (unpaired) electrons. The van der Waals surface area contributed by atoms with Gasteiger partial charge in [0.1, 0.15) is 0 Å². The minimum absolute atomic E-state index is 0.115. The molecule has 1 atom stereocenters. The number of nitrogens with one attached hydrogen (secondary N) is 1. The summed E-state index contributed by atoms with van der Waals surface area (Å²) in [5.74, 6) is 1.83. The number of ether oxygens (including phenoxy) is 2. The lowest BCUT2D eigenvalue weighted by atomic mass is 10.0. The van der Waals surface area contributed by atoms with E-state index in [9.17, 15) is 4.79 Å². The quantitative estimate of drug-likeness (QED) is 0.821. The molecule has 1 amide bonds. The summed E-state index contributed by atoms with van der Waals surface area (Å²) in [6.07, 6.45) is 2.42. The Labute approximate surface area is 161 Å². The molecule has 3 aliphatic heterocycles. The van der Waals surface area contributed by atoms with Gasteiger partial charge in [0.15, 0.2) is 11.5 Å². The van der Waals surface area contributed by atoms with Crippen LogP contribution in [0.5, 0.6) is 11.5 Å². The maximum absolute atomic E-state index is 11.7. The maximum Gasteiger partial charge on any atom is 0.233 e. The highest BCUT2D eigenvalue weighted by atomic mass is 16.7. The third kappa shape index (κ3) is 4.54. The molecule has 2 saturated heterocycles. The van der Waals surface area contributed by atoms with Crippen molar-refractivity contribution in [2.75, 3.05) is 59.7 Å². The third-order valence-corrected chi connectivity index (χ3v) is 5.89. The molecule has 148 valence electrons. The molecule has 1 aromatic rings. The van der Waals surface area contributed by atoms with Gasteiger partial charge in [-0.1, -0.05) is 6.07 Å². The highest BCUT2D eigenvalue weighted by Gasteiger charge is 2.28. The van der Waals surface area contributed by atoms with Crippen LogP contribution in [0.1, 0.15) is 18.4 Å². The Morgan fingerprint density at radius 3 is 2.74 bits per heavy atom. The lowest BCUT2D eigenvalue weighted by molar-refractivity contribution is -0.122. The van der Waals surface area contributed by atoms with Crippen molar-refractivity contribution < 1.29 is 14.3 Å². The molecule has 0 bridgehead atoms. The van der Waals surface area contributed by atoms with Gasteiger partial charge < -0.3 is 14.8 Å². The van der Waals surface area contributed by atoms with Crippen LogP contribution in [0.3, 0.4) is 0 Å². The second-order valence-corrected chi connectivity index (χ2v) is 7.70. The van der Waals surface area contributed by atoms with Crippen molar-refractivity contribution in [3.63, 3.8) is 0 Å². The van der Waals surface area contributed by atoms with Crippen LogP contribution in [-0.4, -0.2) is 86.3 Å². The first kappa shape index (κ1) is 18.5. The number of likely N-dealkylation sites (tertiary alicyclic amines) is 1. The largest absolute Gasteiger partial charge is 0.454 e. The number of rotatable bonds is 5. The van der Waals surface area contributed by atoms with Crippen LogP contribution in [0.15, 0.2) is 18.2 Å². The predicted molar refractivity (Wildman–Crippen MR) is 103 cm³/mol. The average Bonchev–Trinajstić information content (AvgIpc) is 3.16. The van der Waals surface area contributed by atoms with Gasteiger partial charge in [-0.2, -0.15) is 0 Å². The number of carbonyl (C=O) groups excluding carboxylic acids is 1. The van der Waals surface area contributed by atoms with E-state index in [1.165, 1.54) is 18.4 Å². The summed E-state index contributed by atoms with van der Waals surface area (Å²) in [6, 6.07) is 6.83. The standard InChI is InChI=1S/C20H30N4O3/c1-21-20(25)14-23-6-2-3-17(13-23)24-9-7-22(8-10-24)12-16-4-5-18-19(11-16)27-15-26-18/h4-5,11,17H,2-3,6-10,12-15H2,1H3,(H,21,25)/t17-/m1/s1. The van der Waals surface area contributed by atoms with E-state index < -0.39 is 0 Å². The number of piperazine rings is 1. The fourth-order valence-electron chi connectivity index (χ4n) is 4.34. The van der Waals surface area contributed by atoms with E-state index >= 15 is 0 Å². The Kier molecular flexibility index (Phi) is 5.80. The number of hydrogen-bond donors (Lipinski definition) is 1. The summed E-state index contributed by atoms with van der Waals surface area (Å²) in [5, 5.41) is 2.73. The van der Waals surface area contributed by atoms with Gasteiger partial charge in [-0.3, -0.25) is 19.5 Å². The average molecular weight is 374 g/mol. The molecule has 0 spiro atoms. The summed E-state index contributed by atoms with van der Waals surface area (Å²) in [7, 11) is 1.71. The highest BCUT2D eigenvalue weighted by molar-refractivity contribution is 5.77. The number of fused-ring (bicyclic) bond motifs is 1. The lowest BCUT2D eigenvalue weighted by Gasteiger charge is -2.43. The summed E-state index contributed by atoms with van der Waals surface area (Å²) in [6.45, 7) is 8.22. The zero-order valence-corrected chi connectivity index (χ0v) is 16.2. The van der Waals surface area contributed by atoms with Crippen molar-refractivity contribution in [2.24, 2.45) is 0 Å². The summed E-state index contributed by atoms with van der Waals surface area (Å²) in [5.41, 5.74) is 1.28. The molecule has 3 aliphatic rings. The molecular formula is C20H30N4O3. The number of carbonyl (C=O) groups is 1. The Bertz CT molecular complexity index is 661. The Hall–Kier alpha value is -1.83. The molecule has 7 nitrogen and oxygen atoms in total. The fraction of sp³-hybridized carbons (Fsp3) is 0.650. The topological polar surface area (TPSA) is 57.3 Å². The minimum atomic E-state index is 0.115. The van der Waals surface area contributed by atoms with Gasteiger partial charge in [0.2, 0.25) is 12.7 Å². The van der Waals surface area contributed by atoms with Crippen LogP contribution in [-0.2, 0) is 11.3 Å². The third-order valence-electron chi connectivity index (χ3n) is 5.89. The second kappa shape index (κ2) is 8.46. The molecule has 4 rings (SSSR count). The molecule has 3 heterocycles. The normalized spacial score (nSPS) is 24.1. The molecule has 0 aliphatic carbocycles. The predicted octanol–water partition coefficient (Wildman–Crippen LogP) is 0.743. The van der Waals surface area contributed by atoms with Crippen molar-refractivity contribution in [3.05, 3.63) is 23.8 Å². The van der Waals surface area contributed by atoms with Crippen LogP contribution >= 0.6 is 0 Å². The number of benzene rings is 1. The molecule has 0 saturated carbocycles. The van der Waals surface area contributed by atoms with E-state index in [4.69, 9.17) is 9.47 Å². The van der Waals surface area contributed by atoms with Crippen LogP contribution in [0.2, 0.25) is 0 Å². The van der Waals surface area contributed by atoms with E-state index in [-0.39, 0.29) is 5.91 Å². The maximum atomic E-state index is 11.7. The minimum Gasteiger partial charge on any atom is -0.454 e. The number of amides is 1. The van der Waals surface area contributed by atoms with Crippen molar-refractivity contribution in [1.82, 2.24) is 20.0 Å². The summed E-state index contributed by atoms with van der Waals surface area (Å²) >= 11 is 0. The van der Waals surface area contributed by atoms with E-state index in [1.54, 1.807) is 7.05 Å². The van der Waals surface area contributed by atoms with Gasteiger partial charge in [0, 0.05) is 52.4 Å². The molecular weight excluding hydrogens is 344 g/mol. The first-order chi connectivity index (χ1) is 13.2. The number of hydrogen-bond acceptors (Lipinski definition) is 6. The van der Waals surface area contributed by atoms with E-state index in [1.807, 2.05) is 6.07 Å². The van der Waals surface area contributed by atoms with Gasteiger partial charge in [-0.25, -0.2) is 0 Å². The van der Waals surface area contributed by atoms with Crippen LogP contribution in [0, 0.1) is 0 Å². The van der Waals surface area contributed by atoms with Crippen LogP contribution < -0.4 is 14.8 Å². The van der Waals surface area contributed by atoms with Gasteiger partial charge in [0.05, 0.1) is 6.54 Å². The zero-order chi connectivity index (χ0) is 18.6. The molecule has 1 N–H and O–H groups in total. The first-order valence-corrected chi connectivity index (χ1v) is 9.99. The highest BCUT2D eigenvalue weighted by Crippen LogP contribution is 2.33. The number of piperidine rings is 1. The first-order valence-electron chi connectivity index (χ1n) is 9.99. The molecule has 1 aromatic carbocycles. The zero-order valence-electron chi connectivity index (χ0n) is 16.2. The molecule has 0 aromatic heterocycles. The molecule has 0 unspecified atom stereocenters. The monoisotopic (exact) mass is 374 g/mol. The molecule has 27 heavy (non-hydrogen) atoms. The van der Waals surface area contributed by atoms with E-state index in [2.05, 4.69) is 32.1 Å². The second-order valence-electron chi connectivity index (χ2n) is 7.70. The molecule has 2 fully saturated rings. The van der Waals surface area contributed by atoms with Gasteiger partial charge in [0.25, 0.3) is 0 Å². The SMILES string of the molecule is CNC(=O)CN1CCC[C@@H](N2CCN(Cc3ccc4c(c3)OCO4)CC2)C1. The Morgan fingerprint density at radius 1 is 1.11 bits per heavy atom. The van der Waals surface area contributed by atoms with Gasteiger partial charge in [-0.05, 0) is 37.1 Å². The summed E-state index contributed by atoms with van der Waals surface area (Å²) < 4.78 is 10.9. The van der Waals surface area contributed by atoms with Crippen LogP contribution in [0.4, 0.5) is 0 Å². The van der Waals surface area contributed by atoms with Crippen molar-refractivity contribution in [2.45, 2.75) is 25.4 Å². The molecule has 7 heteroatoms. The van der Waals surface area contributed by atoms with Crippen LogP contribution in [0.25, 0.3) is 0 Å².